The molecule has 0 saturated heterocycles. The lowest BCUT2D eigenvalue weighted by atomic mass is 9.49. The van der Waals surface area contributed by atoms with Gasteiger partial charge >= 0.3 is 0 Å². The summed E-state index contributed by atoms with van der Waals surface area (Å²) in [6, 6.07) is 0. The van der Waals surface area contributed by atoms with Crippen LogP contribution in [-0.4, -0.2) is 38.2 Å². The van der Waals surface area contributed by atoms with Crippen LogP contribution in [0.2, 0.25) is 0 Å². The molecule has 2 saturated carbocycles. The second kappa shape index (κ2) is 8.91. The van der Waals surface area contributed by atoms with E-state index in [2.05, 4.69) is 52.8 Å². The molecule has 0 radical (unpaired) electrons. The Morgan fingerprint density at radius 3 is 2.50 bits per heavy atom. The number of aliphatic hydroxyl groups is 3. The monoisotopic (exact) mass is 460 g/mol. The topological polar surface area (TPSA) is 60.7 Å². The van der Waals surface area contributed by atoms with E-state index in [1.165, 1.54) is 29.3 Å². The number of allylic oxidation sites excluding steroid dienone is 5. The van der Waals surface area contributed by atoms with Gasteiger partial charge in [0, 0.05) is 24.0 Å². The molecular weight excluding hydrogens is 416 g/mol. The van der Waals surface area contributed by atoms with Crippen LogP contribution in [0.4, 0.5) is 0 Å². The summed E-state index contributed by atoms with van der Waals surface area (Å²) in [6.45, 7) is 11.2. The first kappa shape index (κ1) is 24.6. The lowest BCUT2D eigenvalue weighted by Gasteiger charge is -2.57. The molecule has 32 heavy (non-hydrogen) atoms. The molecule has 0 heterocycles. The molecule has 0 spiro atoms. The molecule has 7 atom stereocenters. The van der Waals surface area contributed by atoms with Gasteiger partial charge in [0.1, 0.15) is 4.93 Å². The van der Waals surface area contributed by atoms with Gasteiger partial charge in [-0.15, -0.1) is 11.8 Å². The molecule has 4 aliphatic rings. The first-order valence-corrected chi connectivity index (χ1v) is 13.9. The summed E-state index contributed by atoms with van der Waals surface area (Å²) >= 11 is 1.45. The Morgan fingerprint density at radius 2 is 1.84 bits per heavy atom. The van der Waals surface area contributed by atoms with E-state index in [1.54, 1.807) is 5.57 Å². The van der Waals surface area contributed by atoms with Crippen LogP contribution in [0.25, 0.3) is 0 Å². The third-order valence-corrected chi connectivity index (χ3v) is 11.3. The zero-order valence-corrected chi connectivity index (χ0v) is 21.5. The van der Waals surface area contributed by atoms with Crippen LogP contribution in [0.3, 0.4) is 0 Å². The molecule has 0 aliphatic heterocycles. The van der Waals surface area contributed by atoms with Crippen LogP contribution < -0.4 is 0 Å². The minimum absolute atomic E-state index is 0.272. The summed E-state index contributed by atoms with van der Waals surface area (Å²) in [4.78, 5) is -1.00. The molecule has 0 amide bonds. The summed E-state index contributed by atoms with van der Waals surface area (Å²) in [7, 11) is 0. The summed E-state index contributed by atoms with van der Waals surface area (Å²) in [5.41, 5.74) is 4.34. The van der Waals surface area contributed by atoms with Gasteiger partial charge in [-0.1, -0.05) is 82.4 Å². The second-order valence-electron chi connectivity index (χ2n) is 11.3. The second-order valence-corrected chi connectivity index (χ2v) is 12.7. The van der Waals surface area contributed by atoms with E-state index in [1.807, 2.05) is 0 Å². The predicted molar refractivity (Wildman–Crippen MR) is 134 cm³/mol. The van der Waals surface area contributed by atoms with E-state index in [9.17, 15) is 15.3 Å². The van der Waals surface area contributed by atoms with Gasteiger partial charge in [0.2, 0.25) is 0 Å². The van der Waals surface area contributed by atoms with Gasteiger partial charge in [0.25, 0.3) is 0 Å². The minimum atomic E-state index is -1.00. The molecule has 4 heteroatoms. The third kappa shape index (κ3) is 3.78. The van der Waals surface area contributed by atoms with Gasteiger partial charge in [-0.2, -0.15) is 0 Å². The van der Waals surface area contributed by atoms with Crippen LogP contribution in [0.15, 0.2) is 34.9 Å². The smallest absolute Gasteiger partial charge is 0.116 e. The van der Waals surface area contributed by atoms with Gasteiger partial charge in [-0.05, 0) is 48.9 Å². The standard InChI is InChI=1S/C28H44O3S/c1-6-18(7-2)24(29)17-32-28(31)15-20-9-11-21-22-12-10-19(8-3)26(22,4)14-13-23(21)27(20,5)25(30)16-28/h9-11,18,22-25,29-31H,6-8,12-17H2,1-5H3/t22-,23-,24-,25-,26+,27-,28-/m0/s1. The highest BCUT2D eigenvalue weighted by Crippen LogP contribution is 2.65. The van der Waals surface area contributed by atoms with Crippen LogP contribution in [0, 0.1) is 28.6 Å². The molecule has 0 unspecified atom stereocenters. The molecule has 3 nitrogen and oxygen atoms in total. The van der Waals surface area contributed by atoms with Crippen LogP contribution in [0.5, 0.6) is 0 Å². The zero-order chi connectivity index (χ0) is 23.3. The Labute approximate surface area is 199 Å². The van der Waals surface area contributed by atoms with Crippen LogP contribution in [-0.2, 0) is 0 Å². The van der Waals surface area contributed by atoms with Gasteiger partial charge in [0.05, 0.1) is 12.2 Å². The molecule has 2 fully saturated rings. The summed E-state index contributed by atoms with van der Waals surface area (Å²) < 4.78 is 0. The molecule has 180 valence electrons. The first-order chi connectivity index (χ1) is 15.1. The van der Waals surface area contributed by atoms with E-state index in [4.69, 9.17) is 0 Å². The van der Waals surface area contributed by atoms with E-state index in [0.717, 1.165) is 32.1 Å². The fourth-order valence-electron chi connectivity index (χ4n) is 7.60. The van der Waals surface area contributed by atoms with Crippen molar-refractivity contribution in [1.29, 1.82) is 0 Å². The zero-order valence-electron chi connectivity index (χ0n) is 20.7. The average molecular weight is 461 g/mol. The average Bonchev–Trinajstić information content (AvgIpc) is 3.11. The fourth-order valence-corrected chi connectivity index (χ4v) is 8.88. The number of rotatable bonds is 7. The quantitative estimate of drug-likeness (QED) is 0.322. The maximum Gasteiger partial charge on any atom is 0.116 e. The third-order valence-electron chi connectivity index (χ3n) is 9.92. The number of aliphatic hydroxyl groups excluding tert-OH is 2. The highest BCUT2D eigenvalue weighted by atomic mass is 32.2. The Balaban J connectivity index is 1.56. The molecule has 0 aromatic heterocycles. The van der Waals surface area contributed by atoms with Crippen molar-refractivity contribution in [1.82, 2.24) is 0 Å². The maximum absolute atomic E-state index is 11.5. The molecule has 4 rings (SSSR count). The molecular formula is C28H44O3S. The van der Waals surface area contributed by atoms with E-state index in [0.29, 0.717) is 30.4 Å². The van der Waals surface area contributed by atoms with Gasteiger partial charge in [0.15, 0.2) is 0 Å². The van der Waals surface area contributed by atoms with Crippen molar-refractivity contribution < 1.29 is 15.3 Å². The van der Waals surface area contributed by atoms with Gasteiger partial charge in [-0.25, -0.2) is 0 Å². The van der Waals surface area contributed by atoms with E-state index >= 15 is 0 Å². The number of fused-ring (bicyclic) bond motifs is 5. The molecule has 0 aromatic rings. The lowest BCUT2D eigenvalue weighted by molar-refractivity contribution is -0.0599. The Morgan fingerprint density at radius 1 is 1.12 bits per heavy atom. The highest BCUT2D eigenvalue weighted by molar-refractivity contribution is 8.00. The summed E-state index contributed by atoms with van der Waals surface area (Å²) in [5, 5.41) is 33.5. The largest absolute Gasteiger partial charge is 0.392 e. The summed E-state index contributed by atoms with van der Waals surface area (Å²) in [5.74, 6) is 1.72. The van der Waals surface area contributed by atoms with E-state index in [-0.39, 0.29) is 16.7 Å². The van der Waals surface area contributed by atoms with Crippen LogP contribution in [0.1, 0.15) is 86.0 Å². The normalized spacial score (nSPS) is 41.9. The van der Waals surface area contributed by atoms with E-state index < -0.39 is 17.1 Å². The van der Waals surface area contributed by atoms with Crippen molar-refractivity contribution >= 4 is 11.8 Å². The van der Waals surface area contributed by atoms with Gasteiger partial charge < -0.3 is 15.3 Å². The van der Waals surface area contributed by atoms with Crippen molar-refractivity contribution in [3.63, 3.8) is 0 Å². The number of thioether (sulfide) groups is 1. The molecule has 0 bridgehead atoms. The fraction of sp³-hybridized carbons (Fsp3) is 0.786. The Hall–Kier alpha value is -0.550. The van der Waals surface area contributed by atoms with Crippen molar-refractivity contribution in [2.45, 2.75) is 103 Å². The molecule has 4 aliphatic carbocycles. The SMILES string of the molecule is CCC1=CC[C@H]2C3=CC=C4C[C@](O)(SC[C@H](O)C(CC)CC)C[C@H](O)[C@]4(C)[C@H]3CC[C@]12C. The highest BCUT2D eigenvalue weighted by Gasteiger charge is 2.58. The Kier molecular flexibility index (Phi) is 6.84. The van der Waals surface area contributed by atoms with Crippen molar-refractivity contribution in [2.24, 2.45) is 28.6 Å². The molecule has 0 aromatic carbocycles. The first-order valence-electron chi connectivity index (χ1n) is 13.0. The molecule has 3 N–H and O–H groups in total. The minimum Gasteiger partial charge on any atom is -0.392 e. The maximum atomic E-state index is 11.5. The van der Waals surface area contributed by atoms with Crippen molar-refractivity contribution in [3.05, 3.63) is 34.9 Å². The Bertz CT molecular complexity index is 811. The number of hydrogen-bond acceptors (Lipinski definition) is 4. The van der Waals surface area contributed by atoms with Gasteiger partial charge in [-0.3, -0.25) is 0 Å². The van der Waals surface area contributed by atoms with Crippen molar-refractivity contribution in [3.8, 4) is 0 Å². The summed E-state index contributed by atoms with van der Waals surface area (Å²) in [6.07, 6.45) is 13.5. The van der Waals surface area contributed by atoms with Crippen LogP contribution >= 0.6 is 11.8 Å². The van der Waals surface area contributed by atoms with Crippen molar-refractivity contribution in [2.75, 3.05) is 5.75 Å². The lowest BCUT2D eigenvalue weighted by Crippen LogP contribution is -2.54. The number of hydrogen-bond donors (Lipinski definition) is 3. The predicted octanol–water partition coefficient (Wildman–Crippen LogP) is 6.01.